The van der Waals surface area contributed by atoms with Crippen LogP contribution in [0.25, 0.3) is 11.1 Å². The van der Waals surface area contributed by atoms with Crippen LogP contribution < -0.4 is 5.76 Å². The van der Waals surface area contributed by atoms with Crippen LogP contribution >= 0.6 is 0 Å². The number of fused-ring (bicyclic) bond motifs is 2. The van der Waals surface area contributed by atoms with Crippen molar-refractivity contribution in [2.45, 2.75) is 45.7 Å². The monoisotopic (exact) mass is 355 g/mol. The standard InChI is InChI=1S/C19H21N3O4/c1-19(2,3)17-20-12-10-21(9-8-14(12)25-17)16(23)11-22-13-6-4-5-7-15(13)26-18(22)24/h4-7H,8-11H2,1-3H3. The van der Waals surface area contributed by atoms with Gasteiger partial charge in [0.15, 0.2) is 11.5 Å². The maximum absolute atomic E-state index is 12.7. The summed E-state index contributed by atoms with van der Waals surface area (Å²) >= 11 is 0. The van der Waals surface area contributed by atoms with Gasteiger partial charge in [-0.3, -0.25) is 9.36 Å². The molecule has 0 N–H and O–H groups in total. The van der Waals surface area contributed by atoms with Gasteiger partial charge in [-0.15, -0.1) is 0 Å². The highest BCUT2D eigenvalue weighted by atomic mass is 16.4. The van der Waals surface area contributed by atoms with E-state index in [2.05, 4.69) is 4.98 Å². The normalized spacial score (nSPS) is 14.7. The zero-order valence-electron chi connectivity index (χ0n) is 15.1. The fourth-order valence-corrected chi connectivity index (χ4v) is 3.13. The highest BCUT2D eigenvalue weighted by Gasteiger charge is 2.29. The Labute approximate surface area is 150 Å². The zero-order valence-corrected chi connectivity index (χ0v) is 15.1. The molecule has 0 bridgehead atoms. The Morgan fingerprint density at radius 1 is 1.23 bits per heavy atom. The molecule has 1 aliphatic heterocycles. The quantitative estimate of drug-likeness (QED) is 0.705. The number of carbonyl (C=O) groups excluding carboxylic acids is 1. The van der Waals surface area contributed by atoms with Gasteiger partial charge >= 0.3 is 5.76 Å². The van der Waals surface area contributed by atoms with Crippen LogP contribution in [0.3, 0.4) is 0 Å². The van der Waals surface area contributed by atoms with Crippen LogP contribution in [0.2, 0.25) is 0 Å². The summed E-state index contributed by atoms with van der Waals surface area (Å²) in [7, 11) is 0. The molecule has 1 aliphatic rings. The Hall–Kier alpha value is -2.83. The lowest BCUT2D eigenvalue weighted by atomic mass is 9.97. The Bertz CT molecular complexity index is 1040. The summed E-state index contributed by atoms with van der Waals surface area (Å²) in [6.07, 6.45) is 0.630. The van der Waals surface area contributed by atoms with Gasteiger partial charge in [0.2, 0.25) is 5.91 Å². The van der Waals surface area contributed by atoms with E-state index in [1.165, 1.54) is 4.57 Å². The molecule has 136 valence electrons. The van der Waals surface area contributed by atoms with Crippen molar-refractivity contribution in [1.82, 2.24) is 14.5 Å². The largest absolute Gasteiger partial charge is 0.445 e. The van der Waals surface area contributed by atoms with Crippen molar-refractivity contribution in [1.29, 1.82) is 0 Å². The molecule has 4 rings (SSSR count). The van der Waals surface area contributed by atoms with Gasteiger partial charge < -0.3 is 13.7 Å². The summed E-state index contributed by atoms with van der Waals surface area (Å²) in [5.74, 6) is 0.886. The second-order valence-electron chi connectivity index (χ2n) is 7.63. The Morgan fingerprint density at radius 2 is 2.00 bits per heavy atom. The van der Waals surface area contributed by atoms with Gasteiger partial charge in [-0.25, -0.2) is 9.78 Å². The zero-order chi connectivity index (χ0) is 18.5. The van der Waals surface area contributed by atoms with Crippen molar-refractivity contribution in [3.05, 3.63) is 52.2 Å². The summed E-state index contributed by atoms with van der Waals surface area (Å²) < 4.78 is 12.4. The van der Waals surface area contributed by atoms with Gasteiger partial charge in [0.05, 0.1) is 12.1 Å². The predicted molar refractivity (Wildman–Crippen MR) is 94.8 cm³/mol. The topological polar surface area (TPSA) is 81.5 Å². The molecule has 0 aliphatic carbocycles. The molecule has 7 nitrogen and oxygen atoms in total. The number of carbonyl (C=O) groups is 1. The van der Waals surface area contributed by atoms with E-state index in [-0.39, 0.29) is 17.9 Å². The third kappa shape index (κ3) is 2.83. The van der Waals surface area contributed by atoms with E-state index in [9.17, 15) is 9.59 Å². The molecule has 2 aromatic heterocycles. The Kier molecular flexibility index (Phi) is 3.75. The maximum atomic E-state index is 12.7. The minimum Gasteiger partial charge on any atom is -0.445 e. The molecule has 0 atom stereocenters. The number of hydrogen-bond donors (Lipinski definition) is 0. The number of rotatable bonds is 2. The average molecular weight is 355 g/mol. The predicted octanol–water partition coefficient (Wildman–Crippen LogP) is 2.46. The summed E-state index contributed by atoms with van der Waals surface area (Å²) in [5.41, 5.74) is 1.74. The molecule has 0 radical (unpaired) electrons. The van der Waals surface area contributed by atoms with Crippen LogP contribution in [0.4, 0.5) is 0 Å². The summed E-state index contributed by atoms with van der Waals surface area (Å²) in [5, 5.41) is 0. The van der Waals surface area contributed by atoms with Gasteiger partial charge in [0.1, 0.15) is 18.0 Å². The third-order valence-electron chi connectivity index (χ3n) is 4.59. The molecule has 0 unspecified atom stereocenters. The van der Waals surface area contributed by atoms with Crippen LogP contribution in [0.15, 0.2) is 37.9 Å². The smallest absolute Gasteiger partial charge is 0.420 e. The second-order valence-corrected chi connectivity index (χ2v) is 7.63. The van der Waals surface area contributed by atoms with E-state index in [1.807, 2.05) is 26.8 Å². The molecular formula is C19H21N3O4. The molecular weight excluding hydrogens is 334 g/mol. The lowest BCUT2D eigenvalue weighted by Gasteiger charge is -2.25. The van der Waals surface area contributed by atoms with E-state index >= 15 is 0 Å². The molecule has 0 saturated carbocycles. The van der Waals surface area contributed by atoms with Gasteiger partial charge in [-0.05, 0) is 12.1 Å². The number of hydrogen-bond acceptors (Lipinski definition) is 5. The molecule has 0 fully saturated rings. The third-order valence-corrected chi connectivity index (χ3v) is 4.59. The highest BCUT2D eigenvalue weighted by molar-refractivity contribution is 5.79. The number of nitrogens with zero attached hydrogens (tertiary/aromatic N) is 3. The second kappa shape index (κ2) is 5.86. The number of oxazole rings is 2. The van der Waals surface area contributed by atoms with E-state index < -0.39 is 5.76 Å². The van der Waals surface area contributed by atoms with Crippen molar-refractivity contribution in [2.24, 2.45) is 0 Å². The van der Waals surface area contributed by atoms with Crippen molar-refractivity contribution in [3.63, 3.8) is 0 Å². The van der Waals surface area contributed by atoms with Crippen molar-refractivity contribution < 1.29 is 13.6 Å². The van der Waals surface area contributed by atoms with Crippen LogP contribution in [0.1, 0.15) is 38.1 Å². The Balaban J connectivity index is 1.55. The van der Waals surface area contributed by atoms with E-state index in [4.69, 9.17) is 8.83 Å². The molecule has 0 saturated heterocycles. The lowest BCUT2D eigenvalue weighted by Crippen LogP contribution is -2.39. The maximum Gasteiger partial charge on any atom is 0.420 e. The fraction of sp³-hybridized carbons (Fsp3) is 0.421. The first kappa shape index (κ1) is 16.6. The van der Waals surface area contributed by atoms with Crippen molar-refractivity contribution >= 4 is 17.0 Å². The lowest BCUT2D eigenvalue weighted by molar-refractivity contribution is -0.132. The molecule has 26 heavy (non-hydrogen) atoms. The summed E-state index contributed by atoms with van der Waals surface area (Å²) in [4.78, 5) is 31.1. The average Bonchev–Trinajstić information content (AvgIpc) is 3.15. The number of benzene rings is 1. The van der Waals surface area contributed by atoms with Crippen LogP contribution in [0.5, 0.6) is 0 Å². The number of aromatic nitrogens is 2. The summed E-state index contributed by atoms with van der Waals surface area (Å²) in [6.45, 7) is 7.04. The van der Waals surface area contributed by atoms with Crippen LogP contribution in [-0.2, 0) is 29.7 Å². The minimum atomic E-state index is -0.520. The van der Waals surface area contributed by atoms with Crippen LogP contribution in [0, 0.1) is 0 Å². The van der Waals surface area contributed by atoms with Crippen molar-refractivity contribution in [2.75, 3.05) is 6.54 Å². The molecule has 0 spiro atoms. The van der Waals surface area contributed by atoms with Crippen LogP contribution in [-0.4, -0.2) is 26.9 Å². The fourth-order valence-electron chi connectivity index (χ4n) is 3.13. The molecule has 7 heteroatoms. The first-order chi connectivity index (χ1) is 12.3. The molecule has 1 amide bonds. The van der Waals surface area contributed by atoms with E-state index in [1.54, 1.807) is 23.1 Å². The van der Waals surface area contributed by atoms with Gasteiger partial charge in [0, 0.05) is 18.4 Å². The highest BCUT2D eigenvalue weighted by Crippen LogP contribution is 2.27. The van der Waals surface area contributed by atoms with Gasteiger partial charge in [-0.1, -0.05) is 32.9 Å². The van der Waals surface area contributed by atoms with Gasteiger partial charge in [-0.2, -0.15) is 0 Å². The first-order valence-electron chi connectivity index (χ1n) is 8.68. The Morgan fingerprint density at radius 3 is 2.77 bits per heavy atom. The SMILES string of the molecule is CC(C)(C)c1nc2c(o1)CCN(C(=O)Cn1c(=O)oc3ccccc31)C2. The number of para-hydroxylation sites is 2. The van der Waals surface area contributed by atoms with E-state index in [0.717, 1.165) is 11.5 Å². The van der Waals surface area contributed by atoms with E-state index in [0.29, 0.717) is 36.5 Å². The molecule has 3 heterocycles. The number of amides is 1. The first-order valence-corrected chi connectivity index (χ1v) is 8.68. The molecule has 1 aromatic carbocycles. The minimum absolute atomic E-state index is 0.0465. The van der Waals surface area contributed by atoms with Gasteiger partial charge in [0.25, 0.3) is 0 Å². The molecule has 3 aromatic rings. The van der Waals surface area contributed by atoms with Crippen molar-refractivity contribution in [3.8, 4) is 0 Å². The summed E-state index contributed by atoms with van der Waals surface area (Å²) in [6, 6.07) is 7.10.